The highest BCUT2D eigenvalue weighted by molar-refractivity contribution is 7.80. The molecular weight excluding hydrogens is 287 g/mol. The van der Waals surface area contributed by atoms with Crippen LogP contribution in [0.5, 0.6) is 0 Å². The predicted octanol–water partition coefficient (Wildman–Crippen LogP) is 4.42. The topological polar surface area (TPSA) is 15.3 Å². The van der Waals surface area contributed by atoms with Crippen LogP contribution in [0.3, 0.4) is 0 Å². The van der Waals surface area contributed by atoms with Crippen LogP contribution in [0.4, 0.5) is 5.69 Å². The minimum atomic E-state index is 0.631. The quantitative estimate of drug-likeness (QED) is 0.773. The second-order valence-corrected chi connectivity index (χ2v) is 5.98. The van der Waals surface area contributed by atoms with Crippen LogP contribution < -0.4 is 5.32 Å². The summed E-state index contributed by atoms with van der Waals surface area (Å²) in [5, 5.41) is 5.19. The maximum atomic E-state index is 6.11. The van der Waals surface area contributed by atoms with E-state index in [1.807, 2.05) is 0 Å². The summed E-state index contributed by atoms with van der Waals surface area (Å²) in [6, 6.07) is 5.33. The number of piperidine rings is 1. The van der Waals surface area contributed by atoms with Gasteiger partial charge in [-0.3, -0.25) is 0 Å². The Hall–Kier alpha value is -0.510. The number of hydrogen-bond acceptors (Lipinski definition) is 1. The Bertz CT molecular complexity index is 451. The number of halogens is 2. The average molecular weight is 303 g/mol. The highest BCUT2D eigenvalue weighted by Gasteiger charge is 2.18. The van der Waals surface area contributed by atoms with Crippen molar-refractivity contribution < 1.29 is 0 Å². The molecule has 1 aromatic carbocycles. The fraction of sp³-hybridized carbons (Fsp3) is 0.462. The molecule has 1 N–H and O–H groups in total. The maximum absolute atomic E-state index is 6.11. The predicted molar refractivity (Wildman–Crippen MR) is 82.7 cm³/mol. The minimum absolute atomic E-state index is 0.631. The molecule has 0 aliphatic carbocycles. The van der Waals surface area contributed by atoms with Gasteiger partial charge in [-0.25, -0.2) is 0 Å². The molecule has 1 atom stereocenters. The van der Waals surface area contributed by atoms with Crippen LogP contribution in [0.2, 0.25) is 10.0 Å². The molecule has 98 valence electrons. The Balaban J connectivity index is 2.04. The van der Waals surface area contributed by atoms with Gasteiger partial charge in [0, 0.05) is 18.1 Å². The molecule has 1 aromatic rings. The van der Waals surface area contributed by atoms with Crippen LogP contribution in [0.25, 0.3) is 0 Å². The summed E-state index contributed by atoms with van der Waals surface area (Å²) in [4.78, 5) is 2.20. The Labute approximate surface area is 123 Å². The third-order valence-electron chi connectivity index (χ3n) is 3.11. The second-order valence-electron chi connectivity index (χ2n) is 4.75. The summed E-state index contributed by atoms with van der Waals surface area (Å²) in [7, 11) is 0. The fourth-order valence-electron chi connectivity index (χ4n) is 2.16. The molecule has 0 amide bonds. The number of nitrogens with one attached hydrogen (secondary N) is 1. The molecule has 18 heavy (non-hydrogen) atoms. The van der Waals surface area contributed by atoms with E-state index in [2.05, 4.69) is 17.1 Å². The first-order valence-electron chi connectivity index (χ1n) is 6.07. The molecule has 2 nitrogen and oxygen atoms in total. The van der Waals surface area contributed by atoms with Crippen LogP contribution in [0.1, 0.15) is 19.8 Å². The lowest BCUT2D eigenvalue weighted by Crippen LogP contribution is -2.41. The fourth-order valence-corrected chi connectivity index (χ4v) is 2.77. The van der Waals surface area contributed by atoms with Crippen LogP contribution in [0.15, 0.2) is 18.2 Å². The van der Waals surface area contributed by atoms with Gasteiger partial charge in [0.1, 0.15) is 0 Å². The van der Waals surface area contributed by atoms with Crippen molar-refractivity contribution in [3.8, 4) is 0 Å². The summed E-state index contributed by atoms with van der Waals surface area (Å²) in [6.45, 7) is 4.26. The van der Waals surface area contributed by atoms with Gasteiger partial charge in [0.2, 0.25) is 0 Å². The van der Waals surface area contributed by atoms with Crippen molar-refractivity contribution in [1.29, 1.82) is 0 Å². The Morgan fingerprint density at radius 3 is 2.94 bits per heavy atom. The van der Waals surface area contributed by atoms with Crippen LogP contribution in [0, 0.1) is 5.92 Å². The zero-order chi connectivity index (χ0) is 13.1. The van der Waals surface area contributed by atoms with Gasteiger partial charge < -0.3 is 10.2 Å². The van der Waals surface area contributed by atoms with Gasteiger partial charge in [0.25, 0.3) is 0 Å². The summed E-state index contributed by atoms with van der Waals surface area (Å²) in [5.74, 6) is 0.688. The van der Waals surface area contributed by atoms with Crippen molar-refractivity contribution in [2.45, 2.75) is 19.8 Å². The number of hydrogen-bond donors (Lipinski definition) is 1. The smallest absolute Gasteiger partial charge is 0.173 e. The third-order valence-corrected chi connectivity index (χ3v) is 4.04. The molecule has 1 fully saturated rings. The Kier molecular flexibility index (Phi) is 4.71. The summed E-state index contributed by atoms with van der Waals surface area (Å²) in [6.07, 6.45) is 2.46. The average Bonchev–Trinajstić information content (AvgIpc) is 2.34. The first-order valence-corrected chi connectivity index (χ1v) is 7.23. The van der Waals surface area contributed by atoms with E-state index in [1.165, 1.54) is 12.8 Å². The first-order chi connectivity index (χ1) is 8.56. The lowest BCUT2D eigenvalue weighted by Gasteiger charge is -2.33. The zero-order valence-electron chi connectivity index (χ0n) is 10.2. The van der Waals surface area contributed by atoms with Crippen molar-refractivity contribution in [2.75, 3.05) is 18.4 Å². The summed E-state index contributed by atoms with van der Waals surface area (Å²) in [5.41, 5.74) is 0.771. The molecule has 5 heteroatoms. The van der Waals surface area contributed by atoms with Crippen molar-refractivity contribution in [3.63, 3.8) is 0 Å². The van der Waals surface area contributed by atoms with Crippen molar-refractivity contribution in [2.24, 2.45) is 5.92 Å². The minimum Gasteiger partial charge on any atom is -0.349 e. The molecule has 0 radical (unpaired) electrons. The zero-order valence-corrected chi connectivity index (χ0v) is 12.6. The second kappa shape index (κ2) is 6.09. The van der Waals surface area contributed by atoms with Gasteiger partial charge in [-0.15, -0.1) is 0 Å². The molecule has 1 saturated heterocycles. The highest BCUT2D eigenvalue weighted by Crippen LogP contribution is 2.26. The van der Waals surface area contributed by atoms with Gasteiger partial charge in [0.15, 0.2) is 5.11 Å². The maximum Gasteiger partial charge on any atom is 0.173 e. The van der Waals surface area contributed by atoms with E-state index in [9.17, 15) is 0 Å². The highest BCUT2D eigenvalue weighted by atomic mass is 35.5. The number of benzene rings is 1. The third kappa shape index (κ3) is 3.50. The van der Waals surface area contributed by atoms with Crippen LogP contribution in [-0.2, 0) is 0 Å². The Morgan fingerprint density at radius 1 is 1.44 bits per heavy atom. The standard InChI is InChI=1S/C13H16Cl2N2S/c1-9-3-2-6-17(8-9)13(18)16-12-7-10(14)4-5-11(12)15/h4-5,7,9H,2-3,6,8H2,1H3,(H,16,18). The van der Waals surface area contributed by atoms with E-state index in [0.717, 1.165) is 23.9 Å². The number of thiocarbonyl (C=S) groups is 1. The molecule has 0 aromatic heterocycles. The molecule has 1 aliphatic rings. The number of likely N-dealkylation sites (tertiary alicyclic amines) is 1. The summed E-state index contributed by atoms with van der Waals surface area (Å²) >= 11 is 17.5. The Morgan fingerprint density at radius 2 is 2.22 bits per heavy atom. The van der Waals surface area contributed by atoms with Crippen LogP contribution in [-0.4, -0.2) is 23.1 Å². The van der Waals surface area contributed by atoms with E-state index in [4.69, 9.17) is 35.4 Å². The molecule has 1 aliphatic heterocycles. The monoisotopic (exact) mass is 302 g/mol. The van der Waals surface area contributed by atoms with E-state index in [-0.39, 0.29) is 0 Å². The van der Waals surface area contributed by atoms with Gasteiger partial charge >= 0.3 is 0 Å². The molecule has 1 unspecified atom stereocenters. The summed E-state index contributed by atoms with van der Waals surface area (Å²) < 4.78 is 0. The normalized spacial score (nSPS) is 19.7. The van der Waals surface area contributed by atoms with Crippen molar-refractivity contribution in [3.05, 3.63) is 28.2 Å². The lowest BCUT2D eigenvalue weighted by molar-refractivity contribution is 0.276. The van der Waals surface area contributed by atoms with Crippen LogP contribution >= 0.6 is 35.4 Å². The van der Waals surface area contributed by atoms with Crippen molar-refractivity contribution in [1.82, 2.24) is 4.90 Å². The molecular formula is C13H16Cl2N2S. The first kappa shape index (κ1) is 13.9. The largest absolute Gasteiger partial charge is 0.349 e. The SMILES string of the molecule is CC1CCCN(C(=S)Nc2cc(Cl)ccc2Cl)C1. The molecule has 1 heterocycles. The van der Waals surface area contributed by atoms with E-state index < -0.39 is 0 Å². The van der Waals surface area contributed by atoms with E-state index >= 15 is 0 Å². The molecule has 0 saturated carbocycles. The number of nitrogens with zero attached hydrogens (tertiary/aromatic N) is 1. The molecule has 0 bridgehead atoms. The number of rotatable bonds is 1. The van der Waals surface area contributed by atoms with Crippen molar-refractivity contribution >= 4 is 46.2 Å². The van der Waals surface area contributed by atoms with E-state index in [1.54, 1.807) is 18.2 Å². The van der Waals surface area contributed by atoms with Gasteiger partial charge in [-0.1, -0.05) is 30.1 Å². The van der Waals surface area contributed by atoms with Gasteiger partial charge in [0.05, 0.1) is 10.7 Å². The van der Waals surface area contributed by atoms with E-state index in [0.29, 0.717) is 16.0 Å². The molecule has 2 rings (SSSR count). The molecule has 0 spiro atoms. The van der Waals surface area contributed by atoms with Gasteiger partial charge in [-0.05, 0) is 49.2 Å². The van der Waals surface area contributed by atoms with Gasteiger partial charge in [-0.2, -0.15) is 0 Å². The number of anilines is 1. The lowest BCUT2D eigenvalue weighted by atomic mass is 10.0.